The lowest BCUT2D eigenvalue weighted by atomic mass is 10.0. The summed E-state index contributed by atoms with van der Waals surface area (Å²) in [6.45, 7) is 4.43. The molecule has 1 aliphatic heterocycles. The van der Waals surface area contributed by atoms with E-state index in [1.54, 1.807) is 12.0 Å². The number of amides is 2. The van der Waals surface area contributed by atoms with Crippen LogP contribution in [-0.2, 0) is 33.7 Å². The Hall–Kier alpha value is -2.87. The fourth-order valence-corrected chi connectivity index (χ4v) is 4.75. The first-order valence-corrected chi connectivity index (χ1v) is 10.1. The number of nitrogens with one attached hydrogen (secondary N) is 1. The van der Waals surface area contributed by atoms with Gasteiger partial charge in [0.1, 0.15) is 10.8 Å². The Morgan fingerprint density at radius 1 is 1.24 bits per heavy atom. The van der Waals surface area contributed by atoms with Crippen molar-refractivity contribution in [1.82, 2.24) is 4.90 Å². The van der Waals surface area contributed by atoms with Gasteiger partial charge in [0.25, 0.3) is 0 Å². The summed E-state index contributed by atoms with van der Waals surface area (Å²) < 4.78 is 10.2. The summed E-state index contributed by atoms with van der Waals surface area (Å²) in [4.78, 5) is 39.4. The molecule has 0 unspecified atom stereocenters. The van der Waals surface area contributed by atoms with Gasteiger partial charge >= 0.3 is 5.97 Å². The van der Waals surface area contributed by atoms with Crippen molar-refractivity contribution in [2.24, 2.45) is 0 Å². The predicted octanol–water partition coefficient (Wildman–Crippen LogP) is 2.94. The molecule has 1 aliphatic rings. The summed E-state index contributed by atoms with van der Waals surface area (Å²) in [6.07, 6.45) is 0.733. The number of esters is 1. The number of carbonyl (C=O) groups is 3. The van der Waals surface area contributed by atoms with Crippen LogP contribution in [0.5, 0.6) is 5.75 Å². The normalized spacial score (nSPS) is 12.9. The molecule has 0 bridgehead atoms. The number of benzene rings is 1. The molecule has 2 heterocycles. The number of hydrogen-bond acceptors (Lipinski definition) is 6. The average Bonchev–Trinajstić information content (AvgIpc) is 3.04. The molecule has 0 atom stereocenters. The van der Waals surface area contributed by atoms with E-state index in [-0.39, 0.29) is 18.2 Å². The molecule has 0 spiro atoms. The van der Waals surface area contributed by atoms with Gasteiger partial charge in [0.15, 0.2) is 0 Å². The van der Waals surface area contributed by atoms with Crippen molar-refractivity contribution in [3.63, 3.8) is 0 Å². The number of nitrogens with zero attached hydrogens (tertiary/aromatic N) is 1. The minimum atomic E-state index is -0.477. The number of aryl methyl sites for hydroxylation is 1. The highest BCUT2D eigenvalue weighted by atomic mass is 32.1. The largest absolute Gasteiger partial charge is 0.496 e. The highest BCUT2D eigenvalue weighted by Crippen LogP contribution is 2.37. The molecule has 1 aromatic heterocycles. The fraction of sp³-hybridized carbons (Fsp3) is 0.381. The zero-order valence-electron chi connectivity index (χ0n) is 17.0. The number of carbonyl (C=O) groups excluding carboxylic acids is 3. The van der Waals surface area contributed by atoms with Crippen molar-refractivity contribution < 1.29 is 23.9 Å². The molecule has 1 N–H and O–H groups in total. The van der Waals surface area contributed by atoms with Crippen LogP contribution in [-0.4, -0.2) is 43.4 Å². The summed E-state index contributed by atoms with van der Waals surface area (Å²) >= 11 is 1.33. The fourth-order valence-electron chi connectivity index (χ4n) is 3.49. The van der Waals surface area contributed by atoms with Crippen molar-refractivity contribution in [3.05, 3.63) is 45.3 Å². The van der Waals surface area contributed by atoms with Gasteiger partial charge < -0.3 is 19.7 Å². The molecule has 0 aliphatic carbocycles. The molecule has 0 radical (unpaired) electrons. The van der Waals surface area contributed by atoms with Crippen LogP contribution in [0.2, 0.25) is 0 Å². The third kappa shape index (κ3) is 4.42. The number of rotatable bonds is 5. The highest BCUT2D eigenvalue weighted by Gasteiger charge is 2.30. The molecule has 2 aromatic rings. The third-order valence-corrected chi connectivity index (χ3v) is 6.10. The lowest BCUT2D eigenvalue weighted by Gasteiger charge is -2.25. The monoisotopic (exact) mass is 416 g/mol. The number of thiophene rings is 1. The summed E-state index contributed by atoms with van der Waals surface area (Å²) in [5.41, 5.74) is 3.05. The number of methoxy groups -OCH3 is 2. The summed E-state index contributed by atoms with van der Waals surface area (Å²) in [5, 5.41) is 3.34. The van der Waals surface area contributed by atoms with Gasteiger partial charge in [0.05, 0.1) is 32.7 Å². The van der Waals surface area contributed by atoms with Crippen LogP contribution in [0.15, 0.2) is 18.2 Å². The first-order valence-electron chi connectivity index (χ1n) is 9.25. The van der Waals surface area contributed by atoms with Gasteiger partial charge in [-0.2, -0.15) is 0 Å². The van der Waals surface area contributed by atoms with E-state index < -0.39 is 5.97 Å². The van der Waals surface area contributed by atoms with E-state index in [0.717, 1.165) is 27.3 Å². The third-order valence-electron chi connectivity index (χ3n) is 4.97. The van der Waals surface area contributed by atoms with Gasteiger partial charge in [0.2, 0.25) is 11.8 Å². The molecule has 0 saturated carbocycles. The van der Waals surface area contributed by atoms with Gasteiger partial charge in [-0.05, 0) is 36.1 Å². The SMILES string of the molecule is COC(=O)c1c(NC(=O)Cc2ccc(OC)c(C)c2)sc2c1CCN(C(C)=O)C2. The van der Waals surface area contributed by atoms with Crippen LogP contribution in [0.1, 0.15) is 38.8 Å². The second-order valence-corrected chi connectivity index (χ2v) is 8.02. The Kier molecular flexibility index (Phi) is 6.22. The van der Waals surface area contributed by atoms with E-state index in [1.165, 1.54) is 25.4 Å². The van der Waals surface area contributed by atoms with E-state index >= 15 is 0 Å². The quantitative estimate of drug-likeness (QED) is 0.758. The number of anilines is 1. The topological polar surface area (TPSA) is 84.9 Å². The van der Waals surface area contributed by atoms with Crippen molar-refractivity contribution in [2.75, 3.05) is 26.1 Å². The number of fused-ring (bicyclic) bond motifs is 1. The Labute approximate surface area is 173 Å². The number of ether oxygens (including phenoxy) is 2. The van der Waals surface area contributed by atoms with Crippen molar-refractivity contribution >= 4 is 34.1 Å². The lowest BCUT2D eigenvalue weighted by molar-refractivity contribution is -0.129. The van der Waals surface area contributed by atoms with Crippen LogP contribution < -0.4 is 10.1 Å². The molecule has 8 heteroatoms. The van der Waals surface area contributed by atoms with Crippen LogP contribution in [0.4, 0.5) is 5.00 Å². The van der Waals surface area contributed by atoms with Gasteiger partial charge in [0, 0.05) is 18.3 Å². The highest BCUT2D eigenvalue weighted by molar-refractivity contribution is 7.17. The second kappa shape index (κ2) is 8.65. The molecular weight excluding hydrogens is 392 g/mol. The zero-order chi connectivity index (χ0) is 21.1. The van der Waals surface area contributed by atoms with Crippen molar-refractivity contribution in [3.8, 4) is 5.75 Å². The minimum Gasteiger partial charge on any atom is -0.496 e. The lowest BCUT2D eigenvalue weighted by Crippen LogP contribution is -2.33. The predicted molar refractivity (Wildman–Crippen MR) is 111 cm³/mol. The molecule has 29 heavy (non-hydrogen) atoms. The number of hydrogen-bond donors (Lipinski definition) is 1. The van der Waals surface area contributed by atoms with Crippen LogP contribution in [0.3, 0.4) is 0 Å². The zero-order valence-corrected chi connectivity index (χ0v) is 17.8. The van der Waals surface area contributed by atoms with E-state index in [1.807, 2.05) is 25.1 Å². The van der Waals surface area contributed by atoms with Crippen molar-refractivity contribution in [1.29, 1.82) is 0 Å². The van der Waals surface area contributed by atoms with Crippen molar-refractivity contribution in [2.45, 2.75) is 33.2 Å². The Morgan fingerprint density at radius 2 is 2.00 bits per heavy atom. The van der Waals surface area contributed by atoms with Crippen LogP contribution in [0.25, 0.3) is 0 Å². The maximum Gasteiger partial charge on any atom is 0.341 e. The minimum absolute atomic E-state index is 0.0101. The molecule has 3 rings (SSSR count). The standard InChI is InChI=1S/C21H24N2O5S/c1-12-9-14(5-6-16(12)27-3)10-18(25)22-20-19(21(26)28-4)15-7-8-23(13(2)24)11-17(15)29-20/h5-6,9H,7-8,10-11H2,1-4H3,(H,22,25). The molecule has 7 nitrogen and oxygen atoms in total. The smallest absolute Gasteiger partial charge is 0.341 e. The maximum atomic E-state index is 12.6. The van der Waals surface area contributed by atoms with Gasteiger partial charge in [-0.3, -0.25) is 9.59 Å². The van der Waals surface area contributed by atoms with E-state index in [0.29, 0.717) is 30.1 Å². The Morgan fingerprint density at radius 3 is 2.62 bits per heavy atom. The van der Waals surface area contributed by atoms with E-state index in [2.05, 4.69) is 5.32 Å². The summed E-state index contributed by atoms with van der Waals surface area (Å²) in [6, 6.07) is 5.58. The van der Waals surface area contributed by atoms with Gasteiger partial charge in [-0.25, -0.2) is 4.79 Å². The molecule has 0 saturated heterocycles. The van der Waals surface area contributed by atoms with Crippen LogP contribution >= 0.6 is 11.3 Å². The average molecular weight is 416 g/mol. The molecular formula is C21H24N2O5S. The van der Waals surface area contributed by atoms with E-state index in [4.69, 9.17) is 9.47 Å². The first-order chi connectivity index (χ1) is 13.8. The molecule has 0 fully saturated rings. The second-order valence-electron chi connectivity index (χ2n) is 6.92. The Balaban J connectivity index is 1.82. The van der Waals surface area contributed by atoms with Gasteiger partial charge in [-0.1, -0.05) is 12.1 Å². The van der Waals surface area contributed by atoms with Crippen LogP contribution in [0, 0.1) is 6.92 Å². The molecule has 154 valence electrons. The first kappa shape index (κ1) is 20.9. The summed E-state index contributed by atoms with van der Waals surface area (Å²) in [7, 11) is 2.93. The summed E-state index contributed by atoms with van der Waals surface area (Å²) in [5.74, 6) is 0.0586. The van der Waals surface area contributed by atoms with Gasteiger partial charge in [-0.15, -0.1) is 11.3 Å². The maximum absolute atomic E-state index is 12.6. The molecule has 2 amide bonds. The Bertz CT molecular complexity index is 966. The van der Waals surface area contributed by atoms with E-state index in [9.17, 15) is 14.4 Å². The molecule has 1 aromatic carbocycles.